The molecule has 1 aromatic carbocycles. The molecule has 0 bridgehead atoms. The maximum absolute atomic E-state index is 12.9. The Kier molecular flexibility index (Phi) is 6.50. The molecule has 8 heteroatoms. The minimum Gasteiger partial charge on any atom is -0.326 e. The molecule has 0 radical (unpaired) electrons. The Morgan fingerprint density at radius 3 is 2.74 bits per heavy atom. The van der Waals surface area contributed by atoms with Crippen LogP contribution in [0.3, 0.4) is 0 Å². The Morgan fingerprint density at radius 1 is 1.32 bits per heavy atom. The summed E-state index contributed by atoms with van der Waals surface area (Å²) in [4.78, 5) is 21.5. The molecule has 3 atom stereocenters. The van der Waals surface area contributed by atoms with E-state index >= 15 is 0 Å². The van der Waals surface area contributed by atoms with Crippen molar-refractivity contribution in [2.45, 2.75) is 58.9 Å². The van der Waals surface area contributed by atoms with Gasteiger partial charge in [0.1, 0.15) is 0 Å². The van der Waals surface area contributed by atoms with Gasteiger partial charge in [0.2, 0.25) is 5.91 Å². The number of hydrogen-bond donors (Lipinski definition) is 2. The SMILES string of the molecule is Cc1nn(C(=O)CCc2ccc(CNCCCO[PH](=O)O)cc2)c2c1C1[C@H](C2)C1(C)C. The summed E-state index contributed by atoms with van der Waals surface area (Å²) in [6.07, 6.45) is 2.83. The maximum atomic E-state index is 12.9. The van der Waals surface area contributed by atoms with E-state index in [2.05, 4.69) is 53.1 Å². The lowest BCUT2D eigenvalue weighted by atomic mass is 9.98. The van der Waals surface area contributed by atoms with Gasteiger partial charge in [-0.15, -0.1) is 0 Å². The summed E-state index contributed by atoms with van der Waals surface area (Å²) in [5.74, 6) is 1.34. The van der Waals surface area contributed by atoms with Gasteiger partial charge < -0.3 is 14.7 Å². The summed E-state index contributed by atoms with van der Waals surface area (Å²) >= 11 is 0. The fourth-order valence-corrected chi connectivity index (χ4v) is 5.39. The molecule has 1 aromatic heterocycles. The molecule has 4 rings (SSSR count). The van der Waals surface area contributed by atoms with Gasteiger partial charge in [-0.3, -0.25) is 9.36 Å². The van der Waals surface area contributed by atoms with Crippen LogP contribution < -0.4 is 5.32 Å². The van der Waals surface area contributed by atoms with Crippen LogP contribution in [0.4, 0.5) is 0 Å². The maximum Gasteiger partial charge on any atom is 0.316 e. The van der Waals surface area contributed by atoms with Crippen LogP contribution in [0.15, 0.2) is 24.3 Å². The molecule has 1 saturated carbocycles. The normalized spacial score (nSPS) is 21.5. The highest BCUT2D eigenvalue weighted by molar-refractivity contribution is 7.32. The smallest absolute Gasteiger partial charge is 0.316 e. The van der Waals surface area contributed by atoms with Gasteiger partial charge in [-0.25, -0.2) is 4.68 Å². The molecule has 0 saturated heterocycles. The second kappa shape index (κ2) is 8.99. The van der Waals surface area contributed by atoms with Gasteiger partial charge in [0.05, 0.1) is 18.0 Å². The van der Waals surface area contributed by atoms with Crippen molar-refractivity contribution in [2.24, 2.45) is 11.3 Å². The van der Waals surface area contributed by atoms with Gasteiger partial charge in [0.15, 0.2) is 0 Å². The molecule has 168 valence electrons. The molecule has 2 aliphatic rings. The van der Waals surface area contributed by atoms with Gasteiger partial charge >= 0.3 is 8.25 Å². The molecule has 7 nitrogen and oxygen atoms in total. The highest BCUT2D eigenvalue weighted by Crippen LogP contribution is 2.70. The van der Waals surface area contributed by atoms with Crippen molar-refractivity contribution in [3.8, 4) is 0 Å². The average Bonchev–Trinajstić information content (AvgIpc) is 3.04. The van der Waals surface area contributed by atoms with E-state index < -0.39 is 8.25 Å². The number of rotatable bonds is 10. The molecule has 1 heterocycles. The van der Waals surface area contributed by atoms with Crippen molar-refractivity contribution in [1.82, 2.24) is 15.1 Å². The average molecular weight is 446 g/mol. The Hall–Kier alpha value is -1.79. The Bertz CT molecular complexity index is 983. The number of carbonyl (C=O) groups is 1. The number of nitrogens with one attached hydrogen (secondary N) is 1. The number of aryl methyl sites for hydroxylation is 2. The molecule has 2 N–H and O–H groups in total. The van der Waals surface area contributed by atoms with Crippen LogP contribution in [-0.4, -0.2) is 33.7 Å². The van der Waals surface area contributed by atoms with Gasteiger partial charge in [0, 0.05) is 18.5 Å². The summed E-state index contributed by atoms with van der Waals surface area (Å²) in [5, 5.41) is 7.87. The Labute approximate surface area is 184 Å². The third kappa shape index (κ3) is 4.70. The number of aromatic nitrogens is 2. The number of benzene rings is 1. The predicted octanol–water partition coefficient (Wildman–Crippen LogP) is 3.64. The molecule has 2 aromatic rings. The van der Waals surface area contributed by atoms with Crippen molar-refractivity contribution in [2.75, 3.05) is 13.2 Å². The Morgan fingerprint density at radius 2 is 2.03 bits per heavy atom. The van der Waals surface area contributed by atoms with Crippen LogP contribution in [0.1, 0.15) is 65.5 Å². The molecule has 0 amide bonds. The molecule has 2 aliphatic carbocycles. The lowest BCUT2D eigenvalue weighted by Gasteiger charge is -2.10. The summed E-state index contributed by atoms with van der Waals surface area (Å²) < 4.78 is 16.8. The lowest BCUT2D eigenvalue weighted by Crippen LogP contribution is -2.17. The van der Waals surface area contributed by atoms with E-state index in [-0.39, 0.29) is 12.5 Å². The monoisotopic (exact) mass is 445 g/mol. The fourth-order valence-electron chi connectivity index (χ4n) is 5.07. The zero-order valence-corrected chi connectivity index (χ0v) is 19.5. The van der Waals surface area contributed by atoms with E-state index in [0.717, 1.165) is 42.0 Å². The first-order valence-corrected chi connectivity index (χ1v) is 12.3. The van der Waals surface area contributed by atoms with Gasteiger partial charge in [-0.2, -0.15) is 5.10 Å². The molecule has 1 fully saturated rings. The van der Waals surface area contributed by atoms with Crippen LogP contribution in [0.5, 0.6) is 0 Å². The first-order chi connectivity index (χ1) is 14.8. The van der Waals surface area contributed by atoms with Crippen LogP contribution in [0.2, 0.25) is 0 Å². The van der Waals surface area contributed by atoms with Crippen molar-refractivity contribution in [1.29, 1.82) is 0 Å². The second-order valence-corrected chi connectivity index (χ2v) is 10.1. The first kappa shape index (κ1) is 22.4. The standard InChI is InChI=1S/C23H32N3O4P/c1-15-21-19(13-18-22(21)23(18,2)3)26(25-15)20(27)10-9-16-5-7-17(8-6-16)14-24-11-4-12-30-31(28)29/h5-8,18,22,24,31H,4,9-14H2,1-3H3,(H,28,29)/t18-,22?/m0/s1. The van der Waals surface area contributed by atoms with Crippen LogP contribution in [-0.2, 0) is 28.5 Å². The van der Waals surface area contributed by atoms with Crippen molar-refractivity contribution in [3.63, 3.8) is 0 Å². The zero-order chi connectivity index (χ0) is 22.2. The van der Waals surface area contributed by atoms with Gasteiger partial charge in [-0.05, 0) is 61.1 Å². The molecule has 2 unspecified atom stereocenters. The minimum absolute atomic E-state index is 0.0851. The third-order valence-corrected chi connectivity index (χ3v) is 7.37. The van der Waals surface area contributed by atoms with Crippen LogP contribution >= 0.6 is 8.25 Å². The van der Waals surface area contributed by atoms with E-state index in [1.807, 2.05) is 6.92 Å². The molecule has 0 spiro atoms. The van der Waals surface area contributed by atoms with Gasteiger partial charge in [-0.1, -0.05) is 38.1 Å². The van der Waals surface area contributed by atoms with Crippen molar-refractivity contribution in [3.05, 3.63) is 52.3 Å². The fraction of sp³-hybridized carbons (Fsp3) is 0.565. The van der Waals surface area contributed by atoms with Crippen LogP contribution in [0, 0.1) is 18.3 Å². The van der Waals surface area contributed by atoms with Crippen LogP contribution in [0.25, 0.3) is 0 Å². The van der Waals surface area contributed by atoms with Crippen molar-refractivity contribution < 1.29 is 18.8 Å². The van der Waals surface area contributed by atoms with E-state index in [0.29, 0.717) is 36.5 Å². The number of nitrogens with zero attached hydrogens (tertiary/aromatic N) is 2. The highest BCUT2D eigenvalue weighted by atomic mass is 31.1. The third-order valence-electron chi connectivity index (χ3n) is 6.92. The number of hydrogen-bond acceptors (Lipinski definition) is 5. The minimum atomic E-state index is -2.82. The second-order valence-electron chi connectivity index (χ2n) is 9.32. The molecular formula is C23H32N3O4P. The quantitative estimate of drug-likeness (QED) is 0.428. The predicted molar refractivity (Wildman–Crippen MR) is 120 cm³/mol. The van der Waals surface area contributed by atoms with E-state index in [1.165, 1.54) is 5.56 Å². The van der Waals surface area contributed by atoms with E-state index in [9.17, 15) is 9.36 Å². The first-order valence-electron chi connectivity index (χ1n) is 11.0. The molecular weight excluding hydrogens is 413 g/mol. The van der Waals surface area contributed by atoms with E-state index in [4.69, 9.17) is 4.89 Å². The lowest BCUT2D eigenvalue weighted by molar-refractivity contribution is 0.0882. The summed E-state index contributed by atoms with van der Waals surface area (Å²) in [6.45, 7) is 8.40. The topological polar surface area (TPSA) is 93.5 Å². The molecule has 0 aliphatic heterocycles. The van der Waals surface area contributed by atoms with E-state index in [1.54, 1.807) is 4.68 Å². The number of carbonyl (C=O) groups excluding carboxylic acids is 1. The largest absolute Gasteiger partial charge is 0.326 e. The van der Waals surface area contributed by atoms with Crippen molar-refractivity contribution >= 4 is 14.2 Å². The Balaban J connectivity index is 1.24. The number of fused-ring (bicyclic) bond motifs is 3. The zero-order valence-electron chi connectivity index (χ0n) is 18.5. The highest BCUT2D eigenvalue weighted by Gasteiger charge is 2.64. The summed E-state index contributed by atoms with van der Waals surface area (Å²) in [5.41, 5.74) is 6.17. The summed E-state index contributed by atoms with van der Waals surface area (Å²) in [7, 11) is -2.82. The van der Waals surface area contributed by atoms with Gasteiger partial charge in [0.25, 0.3) is 0 Å². The summed E-state index contributed by atoms with van der Waals surface area (Å²) in [6, 6.07) is 8.28. The molecule has 31 heavy (non-hydrogen) atoms.